The smallest absolute Gasteiger partial charge is 0.246 e. The minimum absolute atomic E-state index is 0.0958. The number of rotatable bonds is 1. The Balaban J connectivity index is 2.32. The summed E-state index contributed by atoms with van der Waals surface area (Å²) in [5.41, 5.74) is 0.717. The predicted octanol–water partition coefficient (Wildman–Crippen LogP) is 2.18. The summed E-state index contributed by atoms with van der Waals surface area (Å²) in [6.07, 6.45) is 0. The number of carbonyl (C=O) groups is 1. The highest BCUT2D eigenvalue weighted by Crippen LogP contribution is 2.31. The maximum atomic E-state index is 11.1. The second-order valence-electron chi connectivity index (χ2n) is 3.27. The molecule has 0 radical (unpaired) electrons. The number of halogens is 2. The van der Waals surface area contributed by atoms with Gasteiger partial charge in [-0.25, -0.2) is 0 Å². The number of benzene rings is 1. The van der Waals surface area contributed by atoms with E-state index < -0.39 is 0 Å². The van der Waals surface area contributed by atoms with E-state index in [4.69, 9.17) is 27.9 Å². The quantitative estimate of drug-likeness (QED) is 0.824. The first-order chi connectivity index (χ1) is 7.18. The van der Waals surface area contributed by atoms with Gasteiger partial charge in [-0.3, -0.25) is 4.79 Å². The second-order valence-corrected chi connectivity index (χ2v) is 4.08. The van der Waals surface area contributed by atoms with Crippen LogP contribution in [-0.2, 0) is 9.53 Å². The van der Waals surface area contributed by atoms with Crippen molar-refractivity contribution in [1.29, 1.82) is 0 Å². The molecule has 5 heteroatoms. The molecule has 0 aliphatic carbocycles. The molecule has 1 saturated heterocycles. The summed E-state index contributed by atoms with van der Waals surface area (Å²) >= 11 is 12.0. The van der Waals surface area contributed by atoms with Crippen LogP contribution >= 0.6 is 23.2 Å². The van der Waals surface area contributed by atoms with Crippen LogP contribution in [0.1, 0.15) is 11.6 Å². The molecule has 1 aromatic carbocycles. The zero-order chi connectivity index (χ0) is 10.8. The van der Waals surface area contributed by atoms with E-state index in [1.807, 2.05) is 0 Å². The average Bonchev–Trinajstić information content (AvgIpc) is 2.17. The van der Waals surface area contributed by atoms with Crippen LogP contribution in [0.3, 0.4) is 0 Å². The molecule has 0 spiro atoms. The number of carbonyl (C=O) groups excluding carboxylic acids is 1. The van der Waals surface area contributed by atoms with E-state index in [1.54, 1.807) is 18.2 Å². The molecule has 0 saturated carbocycles. The van der Waals surface area contributed by atoms with Crippen LogP contribution in [0.4, 0.5) is 0 Å². The van der Waals surface area contributed by atoms with E-state index in [-0.39, 0.29) is 18.6 Å². The van der Waals surface area contributed by atoms with Gasteiger partial charge in [-0.05, 0) is 12.1 Å². The van der Waals surface area contributed by atoms with E-state index in [0.29, 0.717) is 22.2 Å². The van der Waals surface area contributed by atoms with Gasteiger partial charge in [-0.1, -0.05) is 29.3 Å². The number of morpholine rings is 1. The Hall–Kier alpha value is -0.770. The lowest BCUT2D eigenvalue weighted by atomic mass is 10.1. The van der Waals surface area contributed by atoms with Gasteiger partial charge in [0.2, 0.25) is 5.91 Å². The molecule has 80 valence electrons. The molecule has 2 rings (SSSR count). The van der Waals surface area contributed by atoms with Crippen molar-refractivity contribution < 1.29 is 9.53 Å². The van der Waals surface area contributed by atoms with E-state index in [0.717, 1.165) is 0 Å². The first-order valence-electron chi connectivity index (χ1n) is 4.49. The summed E-state index contributed by atoms with van der Waals surface area (Å²) in [5, 5.41) is 3.86. The van der Waals surface area contributed by atoms with Gasteiger partial charge < -0.3 is 10.1 Å². The molecule has 1 unspecified atom stereocenters. The van der Waals surface area contributed by atoms with Crippen LogP contribution in [-0.4, -0.2) is 19.1 Å². The first kappa shape index (κ1) is 10.7. The lowest BCUT2D eigenvalue weighted by Crippen LogP contribution is -2.39. The normalized spacial score (nSPS) is 21.2. The van der Waals surface area contributed by atoms with Crippen molar-refractivity contribution in [2.45, 2.75) is 6.04 Å². The summed E-state index contributed by atoms with van der Waals surface area (Å²) in [7, 11) is 0. The van der Waals surface area contributed by atoms with Gasteiger partial charge in [0.05, 0.1) is 12.6 Å². The Kier molecular flexibility index (Phi) is 3.14. The number of hydrogen-bond donors (Lipinski definition) is 1. The van der Waals surface area contributed by atoms with Crippen LogP contribution in [0.25, 0.3) is 0 Å². The predicted molar refractivity (Wildman–Crippen MR) is 58.2 cm³/mol. The van der Waals surface area contributed by atoms with Crippen molar-refractivity contribution in [2.75, 3.05) is 13.2 Å². The van der Waals surface area contributed by atoms with Gasteiger partial charge in [0.25, 0.3) is 0 Å². The molecule has 1 aromatic rings. The summed E-state index contributed by atoms with van der Waals surface area (Å²) < 4.78 is 5.13. The Bertz CT molecular complexity index is 375. The highest BCUT2D eigenvalue weighted by molar-refractivity contribution is 6.36. The standard InChI is InChI=1S/C10H9Cl2NO2/c11-6-2-1-3-7(12)10(6)8-4-15-5-9(14)13-8/h1-3,8H,4-5H2,(H,13,14). The Morgan fingerprint density at radius 2 is 2.00 bits per heavy atom. The lowest BCUT2D eigenvalue weighted by molar-refractivity contribution is -0.131. The highest BCUT2D eigenvalue weighted by atomic mass is 35.5. The maximum Gasteiger partial charge on any atom is 0.246 e. The maximum absolute atomic E-state index is 11.1. The summed E-state index contributed by atoms with van der Waals surface area (Å²) in [6.45, 7) is 0.494. The zero-order valence-electron chi connectivity index (χ0n) is 7.80. The number of nitrogens with one attached hydrogen (secondary N) is 1. The third kappa shape index (κ3) is 2.25. The SMILES string of the molecule is O=C1COCC(c2c(Cl)cccc2Cl)N1. The fourth-order valence-electron chi connectivity index (χ4n) is 1.55. The van der Waals surface area contributed by atoms with Gasteiger partial charge in [-0.15, -0.1) is 0 Å². The molecular formula is C10H9Cl2NO2. The van der Waals surface area contributed by atoms with Crippen molar-refractivity contribution in [3.8, 4) is 0 Å². The topological polar surface area (TPSA) is 38.3 Å². The third-order valence-electron chi connectivity index (χ3n) is 2.20. The molecule has 1 aliphatic heterocycles. The number of hydrogen-bond acceptors (Lipinski definition) is 2. The highest BCUT2D eigenvalue weighted by Gasteiger charge is 2.24. The van der Waals surface area contributed by atoms with Crippen molar-refractivity contribution in [1.82, 2.24) is 5.32 Å². The molecule has 3 nitrogen and oxygen atoms in total. The van der Waals surface area contributed by atoms with Crippen molar-refractivity contribution in [3.05, 3.63) is 33.8 Å². The molecule has 15 heavy (non-hydrogen) atoms. The minimum Gasteiger partial charge on any atom is -0.369 e. The van der Waals surface area contributed by atoms with Crippen LogP contribution in [0.5, 0.6) is 0 Å². The third-order valence-corrected chi connectivity index (χ3v) is 2.86. The van der Waals surface area contributed by atoms with Crippen LogP contribution in [0.15, 0.2) is 18.2 Å². The van der Waals surface area contributed by atoms with Gasteiger partial charge in [0, 0.05) is 15.6 Å². The lowest BCUT2D eigenvalue weighted by Gasteiger charge is -2.25. The van der Waals surface area contributed by atoms with Crippen LogP contribution in [0, 0.1) is 0 Å². The van der Waals surface area contributed by atoms with E-state index in [1.165, 1.54) is 0 Å². The van der Waals surface area contributed by atoms with Gasteiger partial charge in [0.1, 0.15) is 6.61 Å². The average molecular weight is 246 g/mol. The Morgan fingerprint density at radius 3 is 2.60 bits per heavy atom. The molecule has 1 amide bonds. The molecule has 1 atom stereocenters. The summed E-state index contributed by atoms with van der Waals surface area (Å²) in [4.78, 5) is 11.1. The number of ether oxygens (including phenoxy) is 1. The van der Waals surface area contributed by atoms with E-state index in [2.05, 4.69) is 5.32 Å². The van der Waals surface area contributed by atoms with Gasteiger partial charge in [-0.2, -0.15) is 0 Å². The summed E-state index contributed by atoms with van der Waals surface area (Å²) in [5.74, 6) is -0.151. The van der Waals surface area contributed by atoms with Crippen molar-refractivity contribution in [2.24, 2.45) is 0 Å². The molecule has 1 aliphatic rings. The van der Waals surface area contributed by atoms with Gasteiger partial charge in [0.15, 0.2) is 0 Å². The fraction of sp³-hybridized carbons (Fsp3) is 0.300. The molecule has 1 fully saturated rings. The molecule has 1 N–H and O–H groups in total. The van der Waals surface area contributed by atoms with Crippen LogP contribution in [0.2, 0.25) is 10.0 Å². The van der Waals surface area contributed by atoms with Crippen LogP contribution < -0.4 is 5.32 Å². The number of amides is 1. The van der Waals surface area contributed by atoms with E-state index >= 15 is 0 Å². The minimum atomic E-state index is -0.257. The van der Waals surface area contributed by atoms with Crippen molar-refractivity contribution >= 4 is 29.1 Å². The second kappa shape index (κ2) is 4.39. The Morgan fingerprint density at radius 1 is 1.33 bits per heavy atom. The largest absolute Gasteiger partial charge is 0.369 e. The molecule has 0 bridgehead atoms. The van der Waals surface area contributed by atoms with Gasteiger partial charge >= 0.3 is 0 Å². The first-order valence-corrected chi connectivity index (χ1v) is 5.25. The summed E-state index contributed by atoms with van der Waals surface area (Å²) in [6, 6.07) is 4.99. The fourth-order valence-corrected chi connectivity index (χ4v) is 2.21. The molecular weight excluding hydrogens is 237 g/mol. The monoisotopic (exact) mass is 245 g/mol. The Labute approximate surface area is 97.3 Å². The van der Waals surface area contributed by atoms with E-state index in [9.17, 15) is 4.79 Å². The molecule has 0 aromatic heterocycles. The zero-order valence-corrected chi connectivity index (χ0v) is 9.31. The molecule has 1 heterocycles. The van der Waals surface area contributed by atoms with Crippen molar-refractivity contribution in [3.63, 3.8) is 0 Å².